The molecule has 0 aliphatic carbocycles. The quantitative estimate of drug-likeness (QED) is 0.276. The van der Waals surface area contributed by atoms with Gasteiger partial charge in [-0.15, -0.1) is 0 Å². The third kappa shape index (κ3) is 5.19. The fourth-order valence-corrected chi connectivity index (χ4v) is 4.29. The van der Waals surface area contributed by atoms with Crippen LogP contribution < -0.4 is 4.74 Å². The zero-order chi connectivity index (χ0) is 22.6. The fraction of sp³-hybridized carbons (Fsp3) is 0.0690. The minimum Gasteiger partial charge on any atom is -0.489 e. The maximum atomic E-state index is 6.33. The molecule has 0 saturated carbocycles. The molecule has 1 aliphatic heterocycles. The maximum absolute atomic E-state index is 6.33. The number of hydrogen-bond acceptors (Lipinski definition) is 2. The number of benzene rings is 4. The highest BCUT2D eigenvalue weighted by Crippen LogP contribution is 2.31. The number of rotatable bonds is 6. The lowest BCUT2D eigenvalue weighted by atomic mass is 10.1. The van der Waals surface area contributed by atoms with E-state index in [4.69, 9.17) is 32.9 Å². The van der Waals surface area contributed by atoms with Crippen molar-refractivity contribution in [2.75, 3.05) is 0 Å². The van der Waals surface area contributed by atoms with Crippen molar-refractivity contribution in [3.05, 3.63) is 124 Å². The largest absolute Gasteiger partial charge is 0.489 e. The van der Waals surface area contributed by atoms with Crippen LogP contribution in [0.2, 0.25) is 10.0 Å². The molecule has 0 spiro atoms. The van der Waals surface area contributed by atoms with Crippen LogP contribution in [0, 0.1) is 0 Å². The van der Waals surface area contributed by atoms with Crippen molar-refractivity contribution in [3.63, 3.8) is 0 Å². The van der Waals surface area contributed by atoms with Gasteiger partial charge in [-0.3, -0.25) is 4.99 Å². The normalized spacial score (nSPS) is 13.4. The van der Waals surface area contributed by atoms with E-state index in [1.807, 2.05) is 36.4 Å². The van der Waals surface area contributed by atoms with E-state index in [-0.39, 0.29) is 0 Å². The summed E-state index contributed by atoms with van der Waals surface area (Å²) in [5.74, 6) is 0.870. The first-order valence-electron chi connectivity index (χ1n) is 10.8. The second-order valence-corrected chi connectivity index (χ2v) is 8.74. The lowest BCUT2D eigenvalue weighted by Crippen LogP contribution is -1.94. The number of aliphatic imine (C=N–C) groups is 1. The van der Waals surface area contributed by atoms with Gasteiger partial charge < -0.3 is 4.74 Å². The van der Waals surface area contributed by atoms with Crippen LogP contribution in [0.3, 0.4) is 0 Å². The summed E-state index contributed by atoms with van der Waals surface area (Å²) in [6, 6.07) is 28.3. The summed E-state index contributed by atoms with van der Waals surface area (Å²) in [5, 5.41) is 3.56. The van der Waals surface area contributed by atoms with Crippen molar-refractivity contribution in [1.82, 2.24) is 0 Å². The Morgan fingerprint density at radius 2 is 1.64 bits per heavy atom. The molecule has 4 aromatic rings. The van der Waals surface area contributed by atoms with Crippen LogP contribution in [-0.4, -0.2) is 5.71 Å². The van der Waals surface area contributed by atoms with Crippen molar-refractivity contribution >= 4 is 51.5 Å². The highest BCUT2D eigenvalue weighted by Gasteiger charge is 2.12. The summed E-state index contributed by atoms with van der Waals surface area (Å²) >= 11 is 12.3. The van der Waals surface area contributed by atoms with Gasteiger partial charge in [-0.2, -0.15) is 0 Å². The number of halogens is 2. The first kappa shape index (κ1) is 21.5. The summed E-state index contributed by atoms with van der Waals surface area (Å²) in [6.45, 7) is 0.562. The van der Waals surface area contributed by atoms with Gasteiger partial charge in [0.25, 0.3) is 0 Å². The molecule has 1 heterocycles. The number of hydrogen-bond donors (Lipinski definition) is 0. The molecule has 0 radical (unpaired) electrons. The summed E-state index contributed by atoms with van der Waals surface area (Å²) in [5.41, 5.74) is 5.07. The number of fused-ring (bicyclic) bond motifs is 1. The SMILES string of the molecule is Clc1ccc(C2=CCC(/C=C/c3ccc4cc(OCc5ccccc5)ccc4c3)=N2)c(Cl)c1. The molecule has 2 nitrogen and oxygen atoms in total. The Morgan fingerprint density at radius 1 is 0.818 bits per heavy atom. The average molecular weight is 470 g/mol. The van der Waals surface area contributed by atoms with Gasteiger partial charge in [0.05, 0.1) is 10.7 Å². The van der Waals surface area contributed by atoms with Crippen LogP contribution in [0.15, 0.2) is 102 Å². The van der Waals surface area contributed by atoms with Crippen LogP contribution in [-0.2, 0) is 6.61 Å². The van der Waals surface area contributed by atoms with E-state index in [0.29, 0.717) is 16.7 Å². The Balaban J connectivity index is 1.27. The van der Waals surface area contributed by atoms with Gasteiger partial charge in [0.15, 0.2) is 0 Å². The Hall–Kier alpha value is -3.33. The molecule has 4 heteroatoms. The molecular weight excluding hydrogens is 449 g/mol. The minimum atomic E-state index is 0.562. The van der Waals surface area contributed by atoms with Crippen molar-refractivity contribution < 1.29 is 4.74 Å². The van der Waals surface area contributed by atoms with Gasteiger partial charge in [0.2, 0.25) is 0 Å². The van der Waals surface area contributed by atoms with Gasteiger partial charge in [0.1, 0.15) is 12.4 Å². The summed E-state index contributed by atoms with van der Waals surface area (Å²) in [7, 11) is 0. The predicted octanol–water partition coefficient (Wildman–Crippen LogP) is 8.62. The second-order valence-electron chi connectivity index (χ2n) is 7.90. The molecule has 0 amide bonds. The highest BCUT2D eigenvalue weighted by molar-refractivity contribution is 6.35. The van der Waals surface area contributed by atoms with Crippen LogP contribution in [0.1, 0.15) is 23.1 Å². The standard InChI is InChI=1S/C29H21Cl2NO/c30-24-10-14-27(28(31)18-24)29-15-12-25(32-29)11-7-20-6-8-23-17-26(13-9-22(23)16-20)33-19-21-4-2-1-3-5-21/h1-11,13-18H,12,19H2/b11-7+. The maximum Gasteiger partial charge on any atom is 0.120 e. The summed E-state index contributed by atoms with van der Waals surface area (Å²) in [4.78, 5) is 4.73. The van der Waals surface area contributed by atoms with E-state index in [1.165, 1.54) is 5.39 Å². The Morgan fingerprint density at radius 3 is 2.48 bits per heavy atom. The monoisotopic (exact) mass is 469 g/mol. The van der Waals surface area contributed by atoms with Crippen LogP contribution in [0.25, 0.3) is 22.5 Å². The van der Waals surface area contributed by atoms with Crippen molar-refractivity contribution in [2.24, 2.45) is 4.99 Å². The topological polar surface area (TPSA) is 21.6 Å². The van der Waals surface area contributed by atoms with Gasteiger partial charge in [-0.1, -0.05) is 83.9 Å². The zero-order valence-electron chi connectivity index (χ0n) is 17.8. The van der Waals surface area contributed by atoms with Gasteiger partial charge >= 0.3 is 0 Å². The predicted molar refractivity (Wildman–Crippen MR) is 140 cm³/mol. The van der Waals surface area contributed by atoms with E-state index in [0.717, 1.165) is 45.7 Å². The molecule has 4 aromatic carbocycles. The molecule has 0 saturated heterocycles. The third-order valence-electron chi connectivity index (χ3n) is 5.53. The van der Waals surface area contributed by atoms with Gasteiger partial charge in [0, 0.05) is 22.7 Å². The molecule has 5 rings (SSSR count). The Labute approximate surface area is 203 Å². The van der Waals surface area contributed by atoms with E-state index >= 15 is 0 Å². The first-order valence-corrected chi connectivity index (χ1v) is 11.5. The molecule has 1 aliphatic rings. The zero-order valence-corrected chi connectivity index (χ0v) is 19.4. The van der Waals surface area contributed by atoms with Crippen LogP contribution in [0.5, 0.6) is 5.75 Å². The first-order chi connectivity index (χ1) is 16.1. The number of ether oxygens (including phenoxy) is 1. The van der Waals surface area contributed by atoms with Crippen molar-refractivity contribution in [1.29, 1.82) is 0 Å². The molecule has 33 heavy (non-hydrogen) atoms. The van der Waals surface area contributed by atoms with Gasteiger partial charge in [-0.05, 0) is 64.4 Å². The molecule has 0 aromatic heterocycles. The summed E-state index contributed by atoms with van der Waals surface area (Å²) < 4.78 is 5.95. The van der Waals surface area contributed by atoms with E-state index in [2.05, 4.69) is 60.7 Å². The van der Waals surface area contributed by atoms with E-state index in [9.17, 15) is 0 Å². The second kappa shape index (κ2) is 9.66. The lowest BCUT2D eigenvalue weighted by Gasteiger charge is -2.08. The fourth-order valence-electron chi connectivity index (χ4n) is 3.79. The Kier molecular flexibility index (Phi) is 6.30. The smallest absolute Gasteiger partial charge is 0.120 e. The molecule has 162 valence electrons. The van der Waals surface area contributed by atoms with Crippen molar-refractivity contribution in [3.8, 4) is 5.75 Å². The number of nitrogens with zero attached hydrogens (tertiary/aromatic N) is 1. The van der Waals surface area contributed by atoms with Crippen molar-refractivity contribution in [2.45, 2.75) is 13.0 Å². The molecular formula is C29H21Cl2NO. The molecule has 0 unspecified atom stereocenters. The van der Waals surface area contributed by atoms with Crippen LogP contribution >= 0.6 is 23.2 Å². The molecule has 0 fully saturated rings. The third-order valence-corrected chi connectivity index (χ3v) is 6.08. The minimum absolute atomic E-state index is 0.562. The van der Waals surface area contributed by atoms with E-state index < -0.39 is 0 Å². The van der Waals surface area contributed by atoms with E-state index in [1.54, 1.807) is 6.07 Å². The lowest BCUT2D eigenvalue weighted by molar-refractivity contribution is 0.306. The molecule has 0 N–H and O–H groups in total. The highest BCUT2D eigenvalue weighted by atomic mass is 35.5. The molecule has 0 atom stereocenters. The molecule has 0 bridgehead atoms. The van der Waals surface area contributed by atoms with Crippen LogP contribution in [0.4, 0.5) is 0 Å². The summed E-state index contributed by atoms with van der Waals surface area (Å²) in [6.07, 6.45) is 7.02. The number of allylic oxidation sites excluding steroid dienone is 2. The average Bonchev–Trinajstić information content (AvgIpc) is 3.30. The van der Waals surface area contributed by atoms with Gasteiger partial charge in [-0.25, -0.2) is 0 Å². The Bertz CT molecular complexity index is 1400.